The number of aromatic nitrogens is 4. The molecule has 0 spiro atoms. The summed E-state index contributed by atoms with van der Waals surface area (Å²) in [5.74, 6) is 0.964. The Morgan fingerprint density at radius 1 is 1.26 bits per heavy atom. The number of aryl methyl sites for hydroxylation is 1. The standard InChI is InChI=1S/C16H20N6O/c1-21-9-12(8-20-21)16-18-6-11(7-19-16)5-17-13-4-15(23)22(10-13)14-2-3-14/h6-9,13-14,17H,2-5,10H2,1H3. The second-order valence-electron chi connectivity index (χ2n) is 6.38. The predicted molar refractivity (Wildman–Crippen MR) is 84.2 cm³/mol. The molecule has 120 valence electrons. The van der Waals surface area contributed by atoms with E-state index in [4.69, 9.17) is 0 Å². The van der Waals surface area contributed by atoms with Crippen LogP contribution in [-0.2, 0) is 18.4 Å². The second-order valence-corrected chi connectivity index (χ2v) is 6.38. The number of hydrogen-bond donors (Lipinski definition) is 1. The average molecular weight is 312 g/mol. The lowest BCUT2D eigenvalue weighted by Crippen LogP contribution is -2.33. The normalized spacial score (nSPS) is 21.2. The van der Waals surface area contributed by atoms with Crippen molar-refractivity contribution in [2.24, 2.45) is 7.05 Å². The highest BCUT2D eigenvalue weighted by molar-refractivity contribution is 5.80. The molecule has 0 bridgehead atoms. The fourth-order valence-electron chi connectivity index (χ4n) is 3.00. The van der Waals surface area contributed by atoms with Crippen LogP contribution in [0.1, 0.15) is 24.8 Å². The van der Waals surface area contributed by atoms with Crippen molar-refractivity contribution >= 4 is 5.91 Å². The molecule has 2 aromatic rings. The molecule has 1 saturated heterocycles. The van der Waals surface area contributed by atoms with Crippen molar-refractivity contribution < 1.29 is 4.79 Å². The zero-order chi connectivity index (χ0) is 15.8. The summed E-state index contributed by atoms with van der Waals surface area (Å²) < 4.78 is 1.73. The van der Waals surface area contributed by atoms with Gasteiger partial charge in [0, 0.05) is 62.8 Å². The van der Waals surface area contributed by atoms with Crippen molar-refractivity contribution in [3.05, 3.63) is 30.4 Å². The second kappa shape index (κ2) is 5.73. The maximum absolute atomic E-state index is 11.9. The van der Waals surface area contributed by atoms with Gasteiger partial charge in [0.15, 0.2) is 5.82 Å². The number of carbonyl (C=O) groups excluding carboxylic acids is 1. The minimum Gasteiger partial charge on any atom is -0.338 e. The molecule has 4 rings (SSSR count). The van der Waals surface area contributed by atoms with E-state index < -0.39 is 0 Å². The zero-order valence-corrected chi connectivity index (χ0v) is 13.1. The molecule has 2 aliphatic rings. The van der Waals surface area contributed by atoms with Gasteiger partial charge in [-0.3, -0.25) is 9.48 Å². The summed E-state index contributed by atoms with van der Waals surface area (Å²) >= 11 is 0. The number of likely N-dealkylation sites (tertiary alicyclic amines) is 1. The maximum atomic E-state index is 11.9. The molecule has 1 unspecified atom stereocenters. The maximum Gasteiger partial charge on any atom is 0.224 e. The summed E-state index contributed by atoms with van der Waals surface area (Å²) in [5.41, 5.74) is 1.93. The van der Waals surface area contributed by atoms with Crippen LogP contribution in [0.4, 0.5) is 0 Å². The van der Waals surface area contributed by atoms with Crippen LogP contribution in [0.2, 0.25) is 0 Å². The first-order chi connectivity index (χ1) is 11.2. The van der Waals surface area contributed by atoms with Gasteiger partial charge in [0.2, 0.25) is 5.91 Å². The first-order valence-corrected chi connectivity index (χ1v) is 8.02. The third-order valence-corrected chi connectivity index (χ3v) is 4.41. The number of rotatable bonds is 5. The van der Waals surface area contributed by atoms with Crippen LogP contribution in [0.25, 0.3) is 11.4 Å². The summed E-state index contributed by atoms with van der Waals surface area (Å²) in [6.07, 6.45) is 10.2. The van der Waals surface area contributed by atoms with E-state index in [2.05, 4.69) is 20.4 Å². The Bertz CT molecular complexity index is 706. The van der Waals surface area contributed by atoms with Crippen LogP contribution in [-0.4, -0.2) is 49.2 Å². The van der Waals surface area contributed by atoms with Crippen molar-refractivity contribution in [1.29, 1.82) is 0 Å². The molecule has 1 aliphatic heterocycles. The average Bonchev–Trinajstić information content (AvgIpc) is 3.20. The van der Waals surface area contributed by atoms with Gasteiger partial charge < -0.3 is 10.2 Å². The molecular weight excluding hydrogens is 292 g/mol. The Morgan fingerprint density at radius 3 is 2.70 bits per heavy atom. The number of nitrogens with one attached hydrogen (secondary N) is 1. The van der Waals surface area contributed by atoms with Gasteiger partial charge in [0.25, 0.3) is 0 Å². The lowest BCUT2D eigenvalue weighted by molar-refractivity contribution is -0.128. The van der Waals surface area contributed by atoms with Gasteiger partial charge in [-0.05, 0) is 12.8 Å². The summed E-state index contributed by atoms with van der Waals surface area (Å²) in [7, 11) is 1.87. The van der Waals surface area contributed by atoms with Gasteiger partial charge in [0.1, 0.15) is 0 Å². The van der Waals surface area contributed by atoms with Crippen LogP contribution in [0.5, 0.6) is 0 Å². The van der Waals surface area contributed by atoms with Crippen LogP contribution >= 0.6 is 0 Å². The smallest absolute Gasteiger partial charge is 0.224 e. The lowest BCUT2D eigenvalue weighted by Gasteiger charge is -2.16. The van der Waals surface area contributed by atoms with Crippen molar-refractivity contribution in [1.82, 2.24) is 30.0 Å². The number of nitrogens with zero attached hydrogens (tertiary/aromatic N) is 5. The summed E-state index contributed by atoms with van der Waals surface area (Å²) in [6.45, 7) is 1.52. The fourth-order valence-corrected chi connectivity index (χ4v) is 3.00. The monoisotopic (exact) mass is 312 g/mol. The molecule has 1 aliphatic carbocycles. The Morgan fingerprint density at radius 2 is 2.04 bits per heavy atom. The zero-order valence-electron chi connectivity index (χ0n) is 13.1. The molecule has 7 heteroatoms. The van der Waals surface area contributed by atoms with Gasteiger partial charge in [-0.2, -0.15) is 5.10 Å². The Balaban J connectivity index is 1.33. The third kappa shape index (κ3) is 3.10. The van der Waals surface area contributed by atoms with E-state index in [9.17, 15) is 4.79 Å². The summed E-state index contributed by atoms with van der Waals surface area (Å²) in [4.78, 5) is 22.7. The molecule has 2 aromatic heterocycles. The van der Waals surface area contributed by atoms with Crippen molar-refractivity contribution in [2.75, 3.05) is 6.54 Å². The quantitative estimate of drug-likeness (QED) is 0.881. The number of amides is 1. The molecule has 23 heavy (non-hydrogen) atoms. The van der Waals surface area contributed by atoms with Gasteiger partial charge in [-0.25, -0.2) is 9.97 Å². The van der Waals surface area contributed by atoms with E-state index in [0.717, 1.165) is 17.7 Å². The molecule has 7 nitrogen and oxygen atoms in total. The molecule has 1 N–H and O–H groups in total. The first kappa shape index (κ1) is 14.3. The van der Waals surface area contributed by atoms with Gasteiger partial charge in [-0.15, -0.1) is 0 Å². The topological polar surface area (TPSA) is 75.9 Å². The highest BCUT2D eigenvalue weighted by Gasteiger charge is 2.38. The van der Waals surface area contributed by atoms with Crippen LogP contribution in [0.15, 0.2) is 24.8 Å². The van der Waals surface area contributed by atoms with Gasteiger partial charge in [-0.1, -0.05) is 0 Å². The molecule has 0 aromatic carbocycles. The highest BCUT2D eigenvalue weighted by atomic mass is 16.2. The van der Waals surface area contributed by atoms with Crippen LogP contribution in [0.3, 0.4) is 0 Å². The summed E-state index contributed by atoms with van der Waals surface area (Å²) in [6, 6.07) is 0.748. The summed E-state index contributed by atoms with van der Waals surface area (Å²) in [5, 5.41) is 7.57. The minimum absolute atomic E-state index is 0.237. The molecule has 1 atom stereocenters. The van der Waals surface area contributed by atoms with Crippen LogP contribution < -0.4 is 5.32 Å². The lowest BCUT2D eigenvalue weighted by atomic mass is 10.2. The molecule has 1 amide bonds. The Labute approximate surface area is 134 Å². The van der Waals surface area contributed by atoms with Crippen LogP contribution in [0, 0.1) is 0 Å². The number of carbonyl (C=O) groups is 1. The van der Waals surface area contributed by atoms with E-state index >= 15 is 0 Å². The molecule has 1 saturated carbocycles. The van der Waals surface area contributed by atoms with Crippen molar-refractivity contribution in [2.45, 2.75) is 37.9 Å². The molecular formula is C16H20N6O. The Kier molecular flexibility index (Phi) is 3.57. The van der Waals surface area contributed by atoms with E-state index in [1.807, 2.05) is 30.5 Å². The van der Waals surface area contributed by atoms with Crippen molar-refractivity contribution in [3.8, 4) is 11.4 Å². The molecule has 2 fully saturated rings. The van der Waals surface area contributed by atoms with E-state index in [1.165, 1.54) is 12.8 Å². The van der Waals surface area contributed by atoms with E-state index in [-0.39, 0.29) is 11.9 Å². The fraction of sp³-hybridized carbons (Fsp3) is 0.500. The van der Waals surface area contributed by atoms with E-state index in [1.54, 1.807) is 10.9 Å². The highest BCUT2D eigenvalue weighted by Crippen LogP contribution is 2.30. The first-order valence-electron chi connectivity index (χ1n) is 8.02. The predicted octanol–water partition coefficient (Wildman–Crippen LogP) is 0.730. The van der Waals surface area contributed by atoms with Gasteiger partial charge in [0.05, 0.1) is 11.8 Å². The number of hydrogen-bond acceptors (Lipinski definition) is 5. The van der Waals surface area contributed by atoms with Gasteiger partial charge >= 0.3 is 0 Å². The largest absolute Gasteiger partial charge is 0.338 e. The SMILES string of the molecule is Cn1cc(-c2ncc(CNC3CC(=O)N(C4CC4)C3)cn2)cn1. The Hall–Kier alpha value is -2.28. The minimum atomic E-state index is 0.237. The molecule has 0 radical (unpaired) electrons. The van der Waals surface area contributed by atoms with Crippen molar-refractivity contribution in [3.63, 3.8) is 0 Å². The third-order valence-electron chi connectivity index (χ3n) is 4.41. The van der Waals surface area contributed by atoms with E-state index in [0.29, 0.717) is 24.8 Å². The molecule has 3 heterocycles.